The van der Waals surface area contributed by atoms with Crippen LogP contribution in [0, 0.1) is 16.7 Å². The molecule has 4 aliphatic rings. The summed E-state index contributed by atoms with van der Waals surface area (Å²) in [4.78, 5) is 112. The third kappa shape index (κ3) is 9.53. The van der Waals surface area contributed by atoms with E-state index in [-0.39, 0.29) is 40.9 Å². The molecule has 7 rings (SSSR count). The zero-order valence-corrected chi connectivity index (χ0v) is 41.0. The van der Waals surface area contributed by atoms with Crippen LogP contribution in [0.3, 0.4) is 0 Å². The van der Waals surface area contributed by atoms with Crippen molar-refractivity contribution in [1.82, 2.24) is 5.32 Å². The van der Waals surface area contributed by atoms with E-state index in [1.54, 1.807) is 54.6 Å². The third-order valence-electron chi connectivity index (χ3n) is 14.7. The molecule has 19 heteroatoms. The summed E-state index contributed by atoms with van der Waals surface area (Å²) in [7, 11) is 0. The van der Waals surface area contributed by atoms with Gasteiger partial charge in [0.15, 0.2) is 23.6 Å². The van der Waals surface area contributed by atoms with Gasteiger partial charge >= 0.3 is 35.8 Å². The summed E-state index contributed by atoms with van der Waals surface area (Å²) in [5, 5.41) is 38.7. The first kappa shape index (κ1) is 53.0. The molecule has 2 bridgehead atoms. The maximum absolute atomic E-state index is 15.7. The van der Waals surface area contributed by atoms with Gasteiger partial charge in [0.25, 0.3) is 5.91 Å². The highest BCUT2D eigenvalue weighted by molar-refractivity contribution is 5.96. The first-order chi connectivity index (χ1) is 33.9. The first-order valence-electron chi connectivity index (χ1n) is 23.5. The van der Waals surface area contributed by atoms with Crippen LogP contribution in [0.5, 0.6) is 0 Å². The molecule has 3 fully saturated rings. The predicted octanol–water partition coefficient (Wildman–Crippen LogP) is 3.60. The van der Waals surface area contributed by atoms with Crippen molar-refractivity contribution in [2.45, 2.75) is 134 Å². The number of amides is 1. The van der Waals surface area contributed by atoms with Crippen LogP contribution in [-0.2, 0) is 61.9 Å². The van der Waals surface area contributed by atoms with Gasteiger partial charge in [-0.2, -0.15) is 0 Å². The van der Waals surface area contributed by atoms with E-state index >= 15 is 9.59 Å². The summed E-state index contributed by atoms with van der Waals surface area (Å²) in [5.41, 5.74) is -7.94. The zero-order chi connectivity index (χ0) is 52.7. The van der Waals surface area contributed by atoms with E-state index in [4.69, 9.17) is 33.2 Å². The SMILES string of the molecule is CC(=O)O[C@H]1C(=O)[C@@]2(C)C([C@H](OC(=O)c3ccccc3)[C@]3(O)C[C@H](OC(=O)[C@H](OC(=O)[C@H](C)OC(=O)[C@H](C)O)C(NC(=O)c4ccccc4)c4ccccc4)C(C)=C1C3(C)C)[C@]1(OC(C)=O)CO[C@@H]1C[C@@H]2O. The van der Waals surface area contributed by atoms with Crippen molar-refractivity contribution in [1.29, 1.82) is 0 Å². The number of Topliss-reactive ketones (excluding diaryl/α,β-unsaturated/α-hetero) is 1. The molecule has 19 nitrogen and oxygen atoms in total. The lowest BCUT2D eigenvalue weighted by Crippen LogP contribution is -2.82. The monoisotopic (exact) mass is 997 g/mol. The smallest absolute Gasteiger partial charge is 0.350 e. The third-order valence-corrected chi connectivity index (χ3v) is 14.7. The van der Waals surface area contributed by atoms with E-state index in [1.165, 1.54) is 64.1 Å². The van der Waals surface area contributed by atoms with Gasteiger partial charge in [0.1, 0.15) is 36.1 Å². The Labute approximate surface area is 415 Å². The van der Waals surface area contributed by atoms with Gasteiger partial charge < -0.3 is 53.8 Å². The van der Waals surface area contributed by atoms with Crippen LogP contribution < -0.4 is 5.32 Å². The molecular weight excluding hydrogens is 939 g/mol. The molecule has 1 saturated heterocycles. The standard InChI is InChI=1S/C53H59NO18/c1-27-35(69-49(64)41(70-47(62)29(3)67-46(61)28(2)55)39(32-18-12-9-13-19-32)54-45(60)33-20-14-10-15-21-33)25-53(65)44(71-48(63)34-22-16-11-17-23-34)42-51(8,36(58)24-37-52(42,26-66-37)72-31(5)57)43(59)40(68-30(4)56)38(27)50(53,6)7/h9-23,28-29,35-37,39-42,44,55,58,65H,24-26H2,1-8H3,(H,54,60)/t28-,29-,35-,36-,37+,39?,40+,41+,42?,44-,51+,52-,53+/m0/s1. The van der Waals surface area contributed by atoms with Crippen molar-refractivity contribution >= 4 is 47.5 Å². The van der Waals surface area contributed by atoms with E-state index in [0.29, 0.717) is 0 Å². The molecule has 0 radical (unpaired) electrons. The molecule has 1 amide bonds. The number of benzene rings is 3. The number of carbonyl (C=O) groups is 8. The maximum Gasteiger partial charge on any atom is 0.350 e. The number of esters is 6. The number of aliphatic hydroxyl groups excluding tert-OH is 2. The van der Waals surface area contributed by atoms with Crippen LogP contribution in [0.4, 0.5) is 0 Å². The average Bonchev–Trinajstić information content (AvgIpc) is 3.33. The Kier molecular flexibility index (Phi) is 15.0. The Morgan fingerprint density at radius 3 is 1.89 bits per heavy atom. The molecule has 72 heavy (non-hydrogen) atoms. The second-order valence-corrected chi connectivity index (χ2v) is 19.5. The minimum absolute atomic E-state index is 0.0133. The number of hydrogen-bond donors (Lipinski definition) is 4. The Morgan fingerprint density at radius 2 is 1.35 bits per heavy atom. The molecule has 2 unspecified atom stereocenters. The second kappa shape index (κ2) is 20.4. The lowest BCUT2D eigenvalue weighted by atomic mass is 9.44. The van der Waals surface area contributed by atoms with E-state index in [2.05, 4.69) is 5.32 Å². The average molecular weight is 998 g/mol. The number of aliphatic hydroxyl groups is 3. The van der Waals surface area contributed by atoms with E-state index in [0.717, 1.165) is 27.7 Å². The molecule has 0 spiro atoms. The van der Waals surface area contributed by atoms with Gasteiger partial charge in [-0.05, 0) is 68.7 Å². The lowest BCUT2D eigenvalue weighted by Gasteiger charge is -2.67. The molecule has 4 N–H and O–H groups in total. The summed E-state index contributed by atoms with van der Waals surface area (Å²) in [5.74, 6) is -9.92. The number of rotatable bonds is 14. The van der Waals surface area contributed by atoms with E-state index < -0.39 is 137 Å². The van der Waals surface area contributed by atoms with Gasteiger partial charge in [0.05, 0.1) is 29.6 Å². The molecule has 0 aromatic heterocycles. The quantitative estimate of drug-likeness (QED) is 0.102. The molecule has 13 atom stereocenters. The summed E-state index contributed by atoms with van der Waals surface area (Å²) >= 11 is 0. The normalized spacial score (nSPS) is 29.8. The number of ketones is 1. The van der Waals surface area contributed by atoms with Gasteiger partial charge in [-0.15, -0.1) is 0 Å². The molecule has 3 aliphatic carbocycles. The van der Waals surface area contributed by atoms with Crippen LogP contribution in [0.15, 0.2) is 102 Å². The van der Waals surface area contributed by atoms with Crippen LogP contribution in [0.2, 0.25) is 0 Å². The maximum atomic E-state index is 15.7. The van der Waals surface area contributed by atoms with Crippen LogP contribution in [0.25, 0.3) is 0 Å². The van der Waals surface area contributed by atoms with Crippen molar-refractivity contribution < 1.29 is 86.8 Å². The van der Waals surface area contributed by atoms with Crippen molar-refractivity contribution in [3.8, 4) is 0 Å². The Bertz CT molecular complexity index is 2640. The lowest BCUT2D eigenvalue weighted by molar-refractivity contribution is -0.346. The van der Waals surface area contributed by atoms with Crippen LogP contribution in [-0.4, -0.2) is 129 Å². The minimum atomic E-state index is -2.52. The molecule has 3 aromatic rings. The largest absolute Gasteiger partial charge is 0.455 e. The van der Waals surface area contributed by atoms with Gasteiger partial charge in [0, 0.05) is 37.7 Å². The Morgan fingerprint density at radius 1 is 0.764 bits per heavy atom. The van der Waals surface area contributed by atoms with Gasteiger partial charge in [-0.25, -0.2) is 19.2 Å². The zero-order valence-electron chi connectivity index (χ0n) is 41.0. The number of fused-ring (bicyclic) bond motifs is 5. The van der Waals surface area contributed by atoms with Gasteiger partial charge in [-0.1, -0.05) is 80.6 Å². The molecule has 3 aromatic carbocycles. The summed E-state index contributed by atoms with van der Waals surface area (Å²) in [6.07, 6.45) is -14.7. The predicted molar refractivity (Wildman–Crippen MR) is 249 cm³/mol. The van der Waals surface area contributed by atoms with Crippen molar-refractivity contribution in [3.05, 3.63) is 119 Å². The summed E-state index contributed by atoms with van der Waals surface area (Å²) < 4.78 is 41.6. The molecule has 384 valence electrons. The number of carbonyl (C=O) groups excluding carboxylic acids is 8. The number of nitrogens with one attached hydrogen (secondary N) is 1. The van der Waals surface area contributed by atoms with Crippen LogP contribution >= 0.6 is 0 Å². The highest BCUT2D eigenvalue weighted by Gasteiger charge is 2.78. The van der Waals surface area contributed by atoms with E-state index in [9.17, 15) is 44.1 Å². The molecule has 1 aliphatic heterocycles. The number of ether oxygens (including phenoxy) is 7. The Hall–Kier alpha value is -6.80. The molecule has 1 heterocycles. The molecular formula is C53H59NO18. The highest BCUT2D eigenvalue weighted by atomic mass is 16.6. The fourth-order valence-corrected chi connectivity index (χ4v) is 10.8. The summed E-state index contributed by atoms with van der Waals surface area (Å²) in [6, 6.07) is 21.9. The summed E-state index contributed by atoms with van der Waals surface area (Å²) in [6.45, 7) is 9.88. The van der Waals surface area contributed by atoms with Crippen molar-refractivity contribution in [2.75, 3.05) is 6.61 Å². The highest BCUT2D eigenvalue weighted by Crippen LogP contribution is 2.64. The molecule has 2 saturated carbocycles. The van der Waals surface area contributed by atoms with Gasteiger partial charge in [0.2, 0.25) is 6.10 Å². The van der Waals surface area contributed by atoms with Crippen molar-refractivity contribution in [2.24, 2.45) is 16.7 Å². The van der Waals surface area contributed by atoms with Gasteiger partial charge in [-0.3, -0.25) is 19.2 Å². The fourth-order valence-electron chi connectivity index (χ4n) is 10.8. The fraction of sp³-hybridized carbons (Fsp3) is 0.472. The van der Waals surface area contributed by atoms with Crippen molar-refractivity contribution in [3.63, 3.8) is 0 Å². The Balaban J connectivity index is 1.42. The number of hydrogen-bond acceptors (Lipinski definition) is 18. The topological polar surface area (TPSA) is 274 Å². The first-order valence-corrected chi connectivity index (χ1v) is 23.5. The second-order valence-electron chi connectivity index (χ2n) is 19.5. The van der Waals surface area contributed by atoms with Crippen LogP contribution in [0.1, 0.15) is 101 Å². The van der Waals surface area contributed by atoms with E-state index in [1.807, 2.05) is 0 Å². The minimum Gasteiger partial charge on any atom is -0.455 e.